The van der Waals surface area contributed by atoms with Crippen LogP contribution in [0.15, 0.2) is 10.4 Å². The zero-order valence-corrected chi connectivity index (χ0v) is 16.9. The Bertz CT molecular complexity index is 229. The molecule has 0 bridgehead atoms. The fraction of sp³-hybridized carbons (Fsp3) is 0.882. The summed E-state index contributed by atoms with van der Waals surface area (Å²) in [6, 6.07) is 0. The monoisotopic (exact) mass is 376 g/mol. The van der Waals surface area contributed by atoms with Crippen LogP contribution in [0.3, 0.4) is 0 Å². The summed E-state index contributed by atoms with van der Waals surface area (Å²) in [5.41, 5.74) is 0. The second-order valence-electron chi connectivity index (χ2n) is 5.91. The van der Waals surface area contributed by atoms with Gasteiger partial charge < -0.3 is 0 Å². The molecule has 1 atom stereocenters. The summed E-state index contributed by atoms with van der Waals surface area (Å²) in [6.45, 7) is 16.7. The van der Waals surface area contributed by atoms with Crippen molar-refractivity contribution in [3.05, 3.63) is 10.4 Å². The summed E-state index contributed by atoms with van der Waals surface area (Å²) in [6.07, 6.45) is 8.04. The number of ether oxygens (including phenoxy) is 1. The Morgan fingerprint density at radius 2 is 1.53 bits per heavy atom. The second kappa shape index (κ2) is 11.0. The molecule has 114 valence electrons. The molecule has 0 aromatic carbocycles. The molecule has 0 fully saturated rings. The van der Waals surface area contributed by atoms with Crippen LogP contribution in [0.25, 0.3) is 0 Å². The predicted molar refractivity (Wildman–Crippen MR) is 90.3 cm³/mol. The first-order chi connectivity index (χ1) is 9.08. The van der Waals surface area contributed by atoms with Gasteiger partial charge in [0.25, 0.3) is 0 Å². The van der Waals surface area contributed by atoms with E-state index in [1.807, 2.05) is 0 Å². The van der Waals surface area contributed by atoms with Crippen LogP contribution in [0.1, 0.15) is 73.1 Å². The van der Waals surface area contributed by atoms with Gasteiger partial charge in [0.05, 0.1) is 0 Å². The molecule has 0 aliphatic carbocycles. The molecule has 0 aliphatic heterocycles. The van der Waals surface area contributed by atoms with Crippen LogP contribution in [-0.2, 0) is 4.74 Å². The van der Waals surface area contributed by atoms with Crippen LogP contribution in [0, 0.1) is 0 Å². The maximum atomic E-state index is 5.97. The van der Waals surface area contributed by atoms with E-state index in [2.05, 4.69) is 41.2 Å². The van der Waals surface area contributed by atoms with E-state index in [1.165, 1.54) is 51.2 Å². The number of hydrogen-bond donors (Lipinski definition) is 0. The quantitative estimate of drug-likeness (QED) is 0.287. The van der Waals surface area contributed by atoms with E-state index in [9.17, 15) is 0 Å². The van der Waals surface area contributed by atoms with Gasteiger partial charge in [-0.05, 0) is 0 Å². The van der Waals surface area contributed by atoms with Crippen molar-refractivity contribution >= 4 is 18.4 Å². The third kappa shape index (κ3) is 6.10. The van der Waals surface area contributed by atoms with Crippen molar-refractivity contribution in [2.45, 2.75) is 86.0 Å². The molecule has 1 unspecified atom stereocenters. The summed E-state index contributed by atoms with van der Waals surface area (Å²) >= 11 is -2.38. The molecule has 0 N–H and O–H groups in total. The normalized spacial score (nSPS) is 13.3. The topological polar surface area (TPSA) is 9.23 Å². The predicted octanol–water partition coefficient (Wildman–Crippen LogP) is 6.32. The van der Waals surface area contributed by atoms with E-state index < -0.39 is 18.4 Å². The van der Waals surface area contributed by atoms with E-state index in [1.54, 1.807) is 0 Å². The SMILES string of the molecule is C=[C](OCC)[Sn]([CH2]CCC)([CH2]CCC)[CH](C)CCC. The van der Waals surface area contributed by atoms with Gasteiger partial charge in [-0.15, -0.1) is 0 Å². The Morgan fingerprint density at radius 1 is 1.00 bits per heavy atom. The third-order valence-electron chi connectivity index (χ3n) is 4.49. The average Bonchev–Trinajstić information content (AvgIpc) is 2.40. The van der Waals surface area contributed by atoms with Gasteiger partial charge in [-0.3, -0.25) is 0 Å². The molecule has 0 rings (SSSR count). The first-order valence-corrected chi connectivity index (χ1v) is 15.5. The van der Waals surface area contributed by atoms with Crippen LogP contribution in [-0.4, -0.2) is 25.0 Å². The number of hydrogen-bond acceptors (Lipinski definition) is 1. The van der Waals surface area contributed by atoms with Crippen molar-refractivity contribution in [3.8, 4) is 0 Å². The van der Waals surface area contributed by atoms with Gasteiger partial charge in [-0.1, -0.05) is 0 Å². The molecule has 0 spiro atoms. The fourth-order valence-corrected chi connectivity index (χ4v) is 19.1. The Morgan fingerprint density at radius 3 is 1.89 bits per heavy atom. The first kappa shape index (κ1) is 19.3. The van der Waals surface area contributed by atoms with E-state index >= 15 is 0 Å². The van der Waals surface area contributed by atoms with Gasteiger partial charge in [0.2, 0.25) is 0 Å². The molecule has 1 nitrogen and oxygen atoms in total. The molecule has 0 saturated heterocycles. The zero-order valence-electron chi connectivity index (χ0n) is 14.1. The van der Waals surface area contributed by atoms with Gasteiger partial charge in [0.15, 0.2) is 0 Å². The molecule has 0 aliphatic rings. The van der Waals surface area contributed by atoms with Gasteiger partial charge in [0, 0.05) is 0 Å². The van der Waals surface area contributed by atoms with Crippen LogP contribution >= 0.6 is 0 Å². The molecule has 0 amide bonds. The molecular formula is C17H36OSn. The summed E-state index contributed by atoms with van der Waals surface area (Å²) in [7, 11) is 0. The van der Waals surface area contributed by atoms with E-state index in [0.29, 0.717) is 0 Å². The van der Waals surface area contributed by atoms with Gasteiger partial charge in [-0.25, -0.2) is 0 Å². The Balaban J connectivity index is 5.10. The fourth-order valence-electron chi connectivity index (χ4n) is 3.18. The standard InChI is InChI=1S/C5H11.C4H7O.2C4H9.Sn/c2*1-3-5-4-2;2*1-3-4-2;/h3H,4-5H2,1-2H3;1,4H2,2H3;2*1,3-4H2,2H3;. The van der Waals surface area contributed by atoms with Crippen LogP contribution in [0.4, 0.5) is 0 Å². The average molecular weight is 375 g/mol. The van der Waals surface area contributed by atoms with Crippen molar-refractivity contribution < 1.29 is 4.74 Å². The molecule has 0 radical (unpaired) electrons. The molecule has 2 heteroatoms. The van der Waals surface area contributed by atoms with Crippen molar-refractivity contribution in [1.29, 1.82) is 0 Å². The Kier molecular flexibility index (Phi) is 11.2. The van der Waals surface area contributed by atoms with Gasteiger partial charge in [-0.2, -0.15) is 0 Å². The molecule has 19 heavy (non-hydrogen) atoms. The number of rotatable bonds is 12. The maximum absolute atomic E-state index is 5.97. The van der Waals surface area contributed by atoms with E-state index in [-0.39, 0.29) is 0 Å². The van der Waals surface area contributed by atoms with Crippen molar-refractivity contribution in [1.82, 2.24) is 0 Å². The third-order valence-corrected chi connectivity index (χ3v) is 21.4. The zero-order chi connectivity index (χ0) is 14.7. The van der Waals surface area contributed by atoms with Gasteiger partial charge in [0.1, 0.15) is 0 Å². The summed E-state index contributed by atoms with van der Waals surface area (Å²) < 4.78 is 11.0. The van der Waals surface area contributed by atoms with Crippen LogP contribution in [0.5, 0.6) is 0 Å². The second-order valence-corrected chi connectivity index (χ2v) is 19.8. The molecule has 0 aromatic heterocycles. The van der Waals surface area contributed by atoms with Crippen molar-refractivity contribution in [2.24, 2.45) is 0 Å². The van der Waals surface area contributed by atoms with Crippen molar-refractivity contribution in [3.63, 3.8) is 0 Å². The molecule has 0 saturated carbocycles. The minimum atomic E-state index is -2.38. The summed E-state index contributed by atoms with van der Waals surface area (Å²) in [5, 5.41) is 0. The molecular weight excluding hydrogens is 339 g/mol. The van der Waals surface area contributed by atoms with E-state index in [4.69, 9.17) is 4.74 Å². The molecule has 0 heterocycles. The van der Waals surface area contributed by atoms with Gasteiger partial charge >= 0.3 is 126 Å². The summed E-state index contributed by atoms with van der Waals surface area (Å²) in [5.74, 6) is 0. The van der Waals surface area contributed by atoms with Crippen LogP contribution < -0.4 is 0 Å². The summed E-state index contributed by atoms with van der Waals surface area (Å²) in [4.78, 5) is 0. The number of unbranched alkanes of at least 4 members (excludes halogenated alkanes) is 2. The Labute approximate surface area is 126 Å². The van der Waals surface area contributed by atoms with Crippen LogP contribution in [0.2, 0.25) is 12.8 Å². The van der Waals surface area contributed by atoms with E-state index in [0.717, 1.165) is 10.5 Å². The molecule has 0 aromatic rings. The minimum absolute atomic E-state index is 0.800. The Hall–Kier alpha value is 0.339. The first-order valence-electron chi connectivity index (χ1n) is 8.41. The van der Waals surface area contributed by atoms with Crippen molar-refractivity contribution in [2.75, 3.05) is 6.61 Å².